The molecule has 0 spiro atoms. The summed E-state index contributed by atoms with van der Waals surface area (Å²) in [6.45, 7) is 0. The third kappa shape index (κ3) is 1.31. The molecule has 0 aliphatic rings. The van der Waals surface area contributed by atoms with Crippen molar-refractivity contribution in [1.82, 2.24) is 9.38 Å². The first-order chi connectivity index (χ1) is 6.33. The molecule has 0 fully saturated rings. The van der Waals surface area contributed by atoms with E-state index in [1.165, 1.54) is 0 Å². The van der Waals surface area contributed by atoms with Crippen molar-refractivity contribution in [2.24, 2.45) is 0 Å². The first kappa shape index (κ1) is 8.26. The lowest BCUT2D eigenvalue weighted by Crippen LogP contribution is -2.01. The first-order valence-corrected chi connectivity index (χ1v) is 4.37. The van der Waals surface area contributed by atoms with Gasteiger partial charge in [-0.15, -0.1) is 11.6 Å². The molecule has 0 unspecified atom stereocenters. The summed E-state index contributed by atoms with van der Waals surface area (Å²) in [5.74, 6) is -0.169. The number of ketones is 1. The van der Waals surface area contributed by atoms with Gasteiger partial charge < -0.3 is 4.40 Å². The van der Waals surface area contributed by atoms with Crippen LogP contribution >= 0.6 is 11.6 Å². The summed E-state index contributed by atoms with van der Waals surface area (Å²) in [6.07, 6.45) is 3.45. The van der Waals surface area contributed by atoms with E-state index in [0.717, 1.165) is 5.52 Å². The minimum atomic E-state index is -0.143. The molecule has 0 aliphatic carbocycles. The van der Waals surface area contributed by atoms with Gasteiger partial charge in [-0.3, -0.25) is 4.79 Å². The van der Waals surface area contributed by atoms with Crippen LogP contribution in [-0.2, 0) is 0 Å². The van der Waals surface area contributed by atoms with Gasteiger partial charge in [-0.2, -0.15) is 0 Å². The number of hydrogen-bond donors (Lipinski definition) is 0. The molecule has 2 aromatic rings. The molecule has 0 aliphatic heterocycles. The number of pyridine rings is 1. The lowest BCUT2D eigenvalue weighted by Gasteiger charge is -1.93. The summed E-state index contributed by atoms with van der Waals surface area (Å²) in [7, 11) is 0. The molecule has 66 valence electrons. The highest BCUT2D eigenvalue weighted by atomic mass is 35.5. The second-order valence-electron chi connectivity index (χ2n) is 2.64. The number of fused-ring (bicyclic) bond motifs is 1. The second-order valence-corrected chi connectivity index (χ2v) is 2.91. The third-order valence-electron chi connectivity index (χ3n) is 1.83. The molecule has 0 atom stereocenters. The van der Waals surface area contributed by atoms with Gasteiger partial charge in [0.05, 0.1) is 11.4 Å². The SMILES string of the molecule is O=C(CCl)c1ncn2ccccc12. The topological polar surface area (TPSA) is 34.4 Å². The highest BCUT2D eigenvalue weighted by molar-refractivity contribution is 6.31. The molecule has 2 aromatic heterocycles. The van der Waals surface area contributed by atoms with Crippen molar-refractivity contribution in [3.63, 3.8) is 0 Å². The smallest absolute Gasteiger partial charge is 0.198 e. The lowest BCUT2D eigenvalue weighted by molar-refractivity contribution is 0.101. The zero-order valence-electron chi connectivity index (χ0n) is 6.77. The molecule has 2 heterocycles. The lowest BCUT2D eigenvalue weighted by atomic mass is 10.2. The number of alkyl halides is 1. The summed E-state index contributed by atoms with van der Waals surface area (Å²) in [4.78, 5) is 15.3. The van der Waals surface area contributed by atoms with Crippen LogP contribution in [0, 0.1) is 0 Å². The van der Waals surface area contributed by atoms with Crippen molar-refractivity contribution in [2.45, 2.75) is 0 Å². The van der Waals surface area contributed by atoms with Crippen LogP contribution < -0.4 is 0 Å². The number of halogens is 1. The van der Waals surface area contributed by atoms with E-state index in [-0.39, 0.29) is 11.7 Å². The Morgan fingerprint density at radius 3 is 3.15 bits per heavy atom. The van der Waals surface area contributed by atoms with Crippen molar-refractivity contribution >= 4 is 22.9 Å². The Morgan fingerprint density at radius 1 is 1.54 bits per heavy atom. The molecular formula is C9H7ClN2O. The van der Waals surface area contributed by atoms with Crippen LogP contribution in [0.15, 0.2) is 30.7 Å². The fourth-order valence-electron chi connectivity index (χ4n) is 1.22. The molecule has 0 bridgehead atoms. The summed E-state index contributed by atoms with van der Waals surface area (Å²) in [5, 5.41) is 0. The maximum Gasteiger partial charge on any atom is 0.198 e. The quantitative estimate of drug-likeness (QED) is 0.539. The van der Waals surface area contributed by atoms with Gasteiger partial charge in [-0.1, -0.05) is 6.07 Å². The molecule has 0 amide bonds. The molecule has 0 aromatic carbocycles. The summed E-state index contributed by atoms with van der Waals surface area (Å²) < 4.78 is 1.79. The van der Waals surface area contributed by atoms with E-state index in [0.29, 0.717) is 5.69 Å². The van der Waals surface area contributed by atoms with Gasteiger partial charge in [0.1, 0.15) is 12.0 Å². The molecule has 4 heteroatoms. The fourth-order valence-corrected chi connectivity index (χ4v) is 1.35. The van der Waals surface area contributed by atoms with E-state index < -0.39 is 0 Å². The standard InChI is InChI=1S/C9H7ClN2O/c10-5-8(13)9-7-3-1-2-4-12(7)6-11-9/h1-4,6H,5H2. The third-order valence-corrected chi connectivity index (χ3v) is 2.07. The van der Waals surface area contributed by atoms with Crippen LogP contribution in [0.1, 0.15) is 10.5 Å². The molecule has 0 radical (unpaired) electrons. The van der Waals surface area contributed by atoms with Crippen LogP contribution in [0.4, 0.5) is 0 Å². The van der Waals surface area contributed by atoms with Crippen LogP contribution in [0.2, 0.25) is 0 Å². The largest absolute Gasteiger partial charge is 0.306 e. The number of carbonyl (C=O) groups excluding carboxylic acids is 1. The minimum absolute atomic E-state index is 0.0262. The summed E-state index contributed by atoms with van der Waals surface area (Å²) >= 11 is 5.45. The van der Waals surface area contributed by atoms with E-state index in [4.69, 9.17) is 11.6 Å². The fraction of sp³-hybridized carbons (Fsp3) is 0.111. The van der Waals surface area contributed by atoms with E-state index in [2.05, 4.69) is 4.98 Å². The van der Waals surface area contributed by atoms with Crippen molar-refractivity contribution in [1.29, 1.82) is 0 Å². The number of aromatic nitrogens is 2. The number of nitrogens with zero attached hydrogens (tertiary/aromatic N) is 2. The van der Waals surface area contributed by atoms with E-state index in [9.17, 15) is 4.79 Å². The zero-order chi connectivity index (χ0) is 9.26. The average molecular weight is 195 g/mol. The number of hydrogen-bond acceptors (Lipinski definition) is 2. The zero-order valence-corrected chi connectivity index (χ0v) is 7.53. The Hall–Kier alpha value is -1.35. The van der Waals surface area contributed by atoms with E-state index >= 15 is 0 Å². The van der Waals surface area contributed by atoms with E-state index in [1.807, 2.05) is 24.4 Å². The van der Waals surface area contributed by atoms with Crippen molar-refractivity contribution in [2.75, 3.05) is 5.88 Å². The Morgan fingerprint density at radius 2 is 2.38 bits per heavy atom. The highest BCUT2D eigenvalue weighted by Crippen LogP contribution is 2.09. The Kier molecular flexibility index (Phi) is 2.02. The molecule has 0 saturated carbocycles. The molecular weight excluding hydrogens is 188 g/mol. The van der Waals surface area contributed by atoms with Crippen molar-refractivity contribution in [3.05, 3.63) is 36.4 Å². The first-order valence-electron chi connectivity index (χ1n) is 3.84. The van der Waals surface area contributed by atoms with Gasteiger partial charge in [0.25, 0.3) is 0 Å². The van der Waals surface area contributed by atoms with Crippen LogP contribution in [0.5, 0.6) is 0 Å². The average Bonchev–Trinajstić information content (AvgIpc) is 2.60. The minimum Gasteiger partial charge on any atom is -0.306 e. The number of imidazole rings is 1. The number of Topliss-reactive ketones (excluding diaryl/α,β-unsaturated/α-hetero) is 1. The van der Waals surface area contributed by atoms with E-state index in [1.54, 1.807) is 10.7 Å². The second kappa shape index (κ2) is 3.18. The van der Waals surface area contributed by atoms with Crippen molar-refractivity contribution < 1.29 is 4.79 Å². The maximum absolute atomic E-state index is 11.3. The van der Waals surface area contributed by atoms with Gasteiger partial charge in [0.2, 0.25) is 0 Å². The van der Waals surface area contributed by atoms with Gasteiger partial charge in [0.15, 0.2) is 5.78 Å². The monoisotopic (exact) mass is 194 g/mol. The molecule has 0 N–H and O–H groups in total. The maximum atomic E-state index is 11.3. The predicted octanol–water partition coefficient (Wildman–Crippen LogP) is 1.76. The van der Waals surface area contributed by atoms with Gasteiger partial charge >= 0.3 is 0 Å². The number of carbonyl (C=O) groups is 1. The summed E-state index contributed by atoms with van der Waals surface area (Å²) in [5.41, 5.74) is 1.24. The number of rotatable bonds is 2. The molecule has 3 nitrogen and oxygen atoms in total. The Labute approximate surface area is 80.0 Å². The van der Waals surface area contributed by atoms with Gasteiger partial charge in [0, 0.05) is 6.20 Å². The van der Waals surface area contributed by atoms with Crippen LogP contribution in [-0.4, -0.2) is 21.0 Å². The predicted molar refractivity (Wildman–Crippen MR) is 50.2 cm³/mol. The Balaban J connectivity index is 2.64. The van der Waals surface area contributed by atoms with Gasteiger partial charge in [-0.25, -0.2) is 4.98 Å². The van der Waals surface area contributed by atoms with Gasteiger partial charge in [-0.05, 0) is 12.1 Å². The van der Waals surface area contributed by atoms with Crippen molar-refractivity contribution in [3.8, 4) is 0 Å². The molecule has 2 rings (SSSR count). The van der Waals surface area contributed by atoms with Crippen LogP contribution in [0.25, 0.3) is 5.52 Å². The summed E-state index contributed by atoms with van der Waals surface area (Å²) in [6, 6.07) is 5.58. The highest BCUT2D eigenvalue weighted by Gasteiger charge is 2.10. The molecule has 0 saturated heterocycles. The Bertz CT molecular complexity index is 450. The molecule has 13 heavy (non-hydrogen) atoms. The normalized spacial score (nSPS) is 10.5. The van der Waals surface area contributed by atoms with Crippen LogP contribution in [0.3, 0.4) is 0 Å².